The van der Waals surface area contributed by atoms with Gasteiger partial charge in [0.25, 0.3) is 0 Å². The number of furan rings is 1. The topological polar surface area (TPSA) is 83.8 Å². The maximum absolute atomic E-state index is 12.1. The van der Waals surface area contributed by atoms with E-state index in [0.29, 0.717) is 26.3 Å². The van der Waals surface area contributed by atoms with Gasteiger partial charge in [-0.2, -0.15) is 0 Å². The zero-order chi connectivity index (χ0) is 18.2. The third-order valence-electron chi connectivity index (χ3n) is 4.32. The second kappa shape index (κ2) is 9.17. The summed E-state index contributed by atoms with van der Waals surface area (Å²) >= 11 is 0. The van der Waals surface area contributed by atoms with Crippen LogP contribution >= 0.6 is 0 Å². The van der Waals surface area contributed by atoms with Crippen LogP contribution in [0.25, 0.3) is 0 Å². The fourth-order valence-electron chi connectivity index (χ4n) is 2.91. The fourth-order valence-corrected chi connectivity index (χ4v) is 2.91. The zero-order valence-corrected chi connectivity index (χ0v) is 14.5. The maximum atomic E-state index is 12.1. The Bertz CT molecular complexity index is 697. The van der Waals surface area contributed by atoms with Gasteiger partial charge in [-0.25, -0.2) is 0 Å². The quantitative estimate of drug-likeness (QED) is 0.756. The van der Waals surface area contributed by atoms with Crippen LogP contribution in [0.1, 0.15) is 17.4 Å². The van der Waals surface area contributed by atoms with E-state index < -0.39 is 11.8 Å². The van der Waals surface area contributed by atoms with Gasteiger partial charge in [-0.1, -0.05) is 30.3 Å². The van der Waals surface area contributed by atoms with Crippen molar-refractivity contribution < 1.29 is 18.7 Å². The van der Waals surface area contributed by atoms with Gasteiger partial charge in [0.1, 0.15) is 5.76 Å². The molecule has 1 saturated heterocycles. The summed E-state index contributed by atoms with van der Waals surface area (Å²) in [6.07, 6.45) is 1.61. The molecule has 1 fully saturated rings. The third kappa shape index (κ3) is 4.93. The Morgan fingerprint density at radius 3 is 2.42 bits per heavy atom. The van der Waals surface area contributed by atoms with Crippen LogP contribution in [-0.4, -0.2) is 49.6 Å². The minimum absolute atomic E-state index is 0.125. The number of morpholine rings is 1. The normalized spacial score (nSPS) is 16.0. The Morgan fingerprint density at radius 2 is 1.73 bits per heavy atom. The Labute approximate surface area is 152 Å². The van der Waals surface area contributed by atoms with Gasteiger partial charge in [0, 0.05) is 26.2 Å². The second-order valence-corrected chi connectivity index (χ2v) is 6.06. The molecule has 138 valence electrons. The molecular weight excluding hydrogens is 334 g/mol. The first-order valence-corrected chi connectivity index (χ1v) is 8.69. The number of nitrogens with one attached hydrogen (secondary N) is 2. The largest absolute Gasteiger partial charge is 0.468 e. The summed E-state index contributed by atoms with van der Waals surface area (Å²) in [6, 6.07) is 13.0. The van der Waals surface area contributed by atoms with E-state index in [2.05, 4.69) is 15.5 Å². The molecule has 7 heteroatoms. The smallest absolute Gasteiger partial charge is 0.309 e. The van der Waals surface area contributed by atoms with Crippen molar-refractivity contribution in [3.05, 3.63) is 60.1 Å². The molecule has 3 rings (SSSR count). The van der Waals surface area contributed by atoms with Crippen LogP contribution in [0.2, 0.25) is 0 Å². The van der Waals surface area contributed by atoms with E-state index in [1.54, 1.807) is 6.26 Å². The number of nitrogens with zero attached hydrogens (tertiary/aromatic N) is 1. The van der Waals surface area contributed by atoms with E-state index in [1.165, 1.54) is 0 Å². The second-order valence-electron chi connectivity index (χ2n) is 6.06. The molecule has 0 bridgehead atoms. The molecule has 2 heterocycles. The highest BCUT2D eigenvalue weighted by Crippen LogP contribution is 2.21. The number of ether oxygens (including phenoxy) is 1. The first-order valence-electron chi connectivity index (χ1n) is 8.69. The van der Waals surface area contributed by atoms with Crippen LogP contribution in [0.5, 0.6) is 0 Å². The molecule has 2 N–H and O–H groups in total. The number of rotatable bonds is 6. The highest BCUT2D eigenvalue weighted by molar-refractivity contribution is 6.35. The molecule has 1 aromatic heterocycles. The lowest BCUT2D eigenvalue weighted by Crippen LogP contribution is -2.46. The van der Waals surface area contributed by atoms with Gasteiger partial charge in [0.15, 0.2) is 0 Å². The minimum atomic E-state index is -0.647. The molecular formula is C19H23N3O4. The third-order valence-corrected chi connectivity index (χ3v) is 4.32. The molecule has 1 atom stereocenters. The summed E-state index contributed by atoms with van der Waals surface area (Å²) in [5, 5.41) is 5.34. The van der Waals surface area contributed by atoms with Crippen molar-refractivity contribution >= 4 is 11.8 Å². The zero-order valence-electron chi connectivity index (χ0n) is 14.5. The molecule has 0 saturated carbocycles. The van der Waals surface area contributed by atoms with Crippen LogP contribution in [0.3, 0.4) is 0 Å². The SMILES string of the molecule is O=C(NCc1ccccc1)C(=O)NC[C@@H](c1ccco1)N1CCOCC1. The van der Waals surface area contributed by atoms with Gasteiger partial charge in [0.2, 0.25) is 0 Å². The molecule has 7 nitrogen and oxygen atoms in total. The van der Waals surface area contributed by atoms with Crippen molar-refractivity contribution in [2.75, 3.05) is 32.8 Å². The lowest BCUT2D eigenvalue weighted by Gasteiger charge is -2.33. The predicted molar refractivity (Wildman–Crippen MR) is 95.1 cm³/mol. The fraction of sp³-hybridized carbons (Fsp3) is 0.368. The Kier molecular flexibility index (Phi) is 6.40. The lowest BCUT2D eigenvalue weighted by molar-refractivity contribution is -0.139. The number of hydrogen-bond donors (Lipinski definition) is 2. The van der Waals surface area contributed by atoms with E-state index >= 15 is 0 Å². The molecule has 0 spiro atoms. The molecule has 0 aliphatic carbocycles. The van der Waals surface area contributed by atoms with Crippen LogP contribution in [0, 0.1) is 0 Å². The summed E-state index contributed by atoms with van der Waals surface area (Å²) in [5.41, 5.74) is 0.940. The van der Waals surface area contributed by atoms with E-state index in [4.69, 9.17) is 9.15 Å². The molecule has 26 heavy (non-hydrogen) atoms. The summed E-state index contributed by atoms with van der Waals surface area (Å²) in [6.45, 7) is 3.40. The number of hydrogen-bond acceptors (Lipinski definition) is 5. The van der Waals surface area contributed by atoms with Crippen molar-refractivity contribution in [3.8, 4) is 0 Å². The first-order chi connectivity index (χ1) is 12.7. The minimum Gasteiger partial charge on any atom is -0.468 e. The maximum Gasteiger partial charge on any atom is 0.309 e. The van der Waals surface area contributed by atoms with Crippen molar-refractivity contribution in [3.63, 3.8) is 0 Å². The first kappa shape index (κ1) is 18.2. The van der Waals surface area contributed by atoms with E-state index in [-0.39, 0.29) is 6.04 Å². The van der Waals surface area contributed by atoms with Crippen LogP contribution < -0.4 is 10.6 Å². The monoisotopic (exact) mass is 357 g/mol. The van der Waals surface area contributed by atoms with Gasteiger partial charge in [-0.05, 0) is 17.7 Å². The van der Waals surface area contributed by atoms with E-state index in [0.717, 1.165) is 24.4 Å². The Balaban J connectivity index is 1.52. The Morgan fingerprint density at radius 1 is 1.00 bits per heavy atom. The van der Waals surface area contributed by atoms with Gasteiger partial charge in [-0.15, -0.1) is 0 Å². The van der Waals surface area contributed by atoms with Crippen LogP contribution in [0.4, 0.5) is 0 Å². The highest BCUT2D eigenvalue weighted by atomic mass is 16.5. The summed E-state index contributed by atoms with van der Waals surface area (Å²) in [5.74, 6) is -0.531. The molecule has 1 aliphatic heterocycles. The summed E-state index contributed by atoms with van der Waals surface area (Å²) in [4.78, 5) is 26.3. The number of benzene rings is 1. The Hall–Kier alpha value is -2.64. The van der Waals surface area contributed by atoms with E-state index in [1.807, 2.05) is 42.5 Å². The van der Waals surface area contributed by atoms with Crippen molar-refractivity contribution in [1.29, 1.82) is 0 Å². The summed E-state index contributed by atoms with van der Waals surface area (Å²) in [7, 11) is 0. The van der Waals surface area contributed by atoms with Crippen molar-refractivity contribution in [2.45, 2.75) is 12.6 Å². The number of carbonyl (C=O) groups is 2. The molecule has 0 radical (unpaired) electrons. The molecule has 1 aromatic carbocycles. The lowest BCUT2D eigenvalue weighted by atomic mass is 10.1. The van der Waals surface area contributed by atoms with Gasteiger partial charge in [-0.3, -0.25) is 14.5 Å². The summed E-state index contributed by atoms with van der Waals surface area (Å²) < 4.78 is 10.9. The van der Waals surface area contributed by atoms with Gasteiger partial charge < -0.3 is 19.8 Å². The van der Waals surface area contributed by atoms with Crippen LogP contribution in [0.15, 0.2) is 53.1 Å². The molecule has 1 aliphatic rings. The standard InChI is InChI=1S/C19H23N3O4/c23-18(20-13-15-5-2-1-3-6-15)19(24)21-14-16(17-7-4-10-26-17)22-8-11-25-12-9-22/h1-7,10,16H,8-9,11-14H2,(H,20,23)(H,21,24)/t16-/m0/s1. The molecule has 2 amide bonds. The van der Waals surface area contributed by atoms with Crippen LogP contribution in [-0.2, 0) is 20.9 Å². The highest BCUT2D eigenvalue weighted by Gasteiger charge is 2.26. The predicted octanol–water partition coefficient (Wildman–Crippen LogP) is 1.09. The van der Waals surface area contributed by atoms with Gasteiger partial charge in [0.05, 0.1) is 25.5 Å². The molecule has 0 unspecified atom stereocenters. The molecule has 2 aromatic rings. The van der Waals surface area contributed by atoms with Crippen molar-refractivity contribution in [1.82, 2.24) is 15.5 Å². The van der Waals surface area contributed by atoms with Gasteiger partial charge >= 0.3 is 11.8 Å². The number of carbonyl (C=O) groups excluding carboxylic acids is 2. The number of amides is 2. The average molecular weight is 357 g/mol. The van der Waals surface area contributed by atoms with Crippen molar-refractivity contribution in [2.24, 2.45) is 0 Å². The average Bonchev–Trinajstić information content (AvgIpc) is 3.22. The van der Waals surface area contributed by atoms with E-state index in [9.17, 15) is 9.59 Å².